The molecule has 1 heteroatoms. The van der Waals surface area contributed by atoms with Crippen LogP contribution in [0.25, 0.3) is 0 Å². The Morgan fingerprint density at radius 3 is 2.69 bits per heavy atom. The summed E-state index contributed by atoms with van der Waals surface area (Å²) in [6, 6.07) is 0. The Hall–Kier alpha value is -0.560. The quantitative estimate of drug-likeness (QED) is 0.599. The molecule has 0 heterocycles. The third-order valence-corrected chi connectivity index (χ3v) is 2.08. The normalized spacial score (nSPS) is 13.5. The molecule has 0 bridgehead atoms. The van der Waals surface area contributed by atoms with E-state index in [1.165, 1.54) is 6.42 Å². The number of hydrogen-bond donors (Lipinski definition) is 1. The van der Waals surface area contributed by atoms with E-state index in [9.17, 15) is 0 Å². The first-order valence-electron chi connectivity index (χ1n) is 5.09. The van der Waals surface area contributed by atoms with Gasteiger partial charge in [0.1, 0.15) is 0 Å². The molecule has 1 N–H and O–H groups in total. The average molecular weight is 182 g/mol. The van der Waals surface area contributed by atoms with Crippen LogP contribution < -0.4 is 0 Å². The second-order valence-electron chi connectivity index (χ2n) is 3.80. The molecule has 0 spiro atoms. The highest BCUT2D eigenvalue weighted by Crippen LogP contribution is 2.12. The summed E-state index contributed by atoms with van der Waals surface area (Å²) >= 11 is 0. The van der Waals surface area contributed by atoms with Crippen LogP contribution in [0.5, 0.6) is 0 Å². The number of aliphatic hydroxyl groups is 1. The summed E-state index contributed by atoms with van der Waals surface area (Å²) in [4.78, 5) is 0. The van der Waals surface area contributed by atoms with Crippen LogP contribution in [-0.4, -0.2) is 11.7 Å². The molecule has 76 valence electrons. The average Bonchev–Trinajstić information content (AvgIpc) is 2.08. The summed E-state index contributed by atoms with van der Waals surface area (Å²) < 4.78 is 0. The van der Waals surface area contributed by atoms with Crippen molar-refractivity contribution in [3.8, 4) is 0 Å². The monoisotopic (exact) mass is 182 g/mol. The first-order chi connectivity index (χ1) is 6.16. The van der Waals surface area contributed by atoms with Crippen molar-refractivity contribution in [2.24, 2.45) is 5.92 Å². The number of hydrogen-bond acceptors (Lipinski definition) is 1. The van der Waals surface area contributed by atoms with Crippen LogP contribution >= 0.6 is 0 Å². The molecule has 0 fully saturated rings. The van der Waals surface area contributed by atoms with Gasteiger partial charge >= 0.3 is 0 Å². The van der Waals surface area contributed by atoms with Gasteiger partial charge in [0.05, 0.1) is 0 Å². The van der Waals surface area contributed by atoms with Crippen molar-refractivity contribution >= 4 is 0 Å². The Kier molecular flexibility index (Phi) is 7.71. The van der Waals surface area contributed by atoms with E-state index in [1.807, 2.05) is 6.92 Å². The van der Waals surface area contributed by atoms with Crippen LogP contribution in [0.3, 0.4) is 0 Å². The van der Waals surface area contributed by atoms with E-state index in [0.717, 1.165) is 30.8 Å². The molecule has 1 nitrogen and oxygen atoms in total. The van der Waals surface area contributed by atoms with Gasteiger partial charge in [0, 0.05) is 6.61 Å². The first-order valence-corrected chi connectivity index (χ1v) is 5.09. The molecule has 1 unspecified atom stereocenters. The molecular weight excluding hydrogens is 160 g/mol. The van der Waals surface area contributed by atoms with Crippen molar-refractivity contribution < 1.29 is 5.11 Å². The van der Waals surface area contributed by atoms with Crippen LogP contribution in [0.4, 0.5) is 0 Å². The van der Waals surface area contributed by atoms with Crippen molar-refractivity contribution in [1.82, 2.24) is 0 Å². The standard InChI is InChI=1S/C12H22O/c1-11(2)7-4-5-8-12(3)9-6-10-13/h4,7,12-13H,1,5-6,8-10H2,2-3H3/b7-4+. The van der Waals surface area contributed by atoms with Crippen LogP contribution in [0.15, 0.2) is 24.3 Å². The third kappa shape index (κ3) is 9.35. The fourth-order valence-corrected chi connectivity index (χ4v) is 1.25. The smallest absolute Gasteiger partial charge is 0.0431 e. The lowest BCUT2D eigenvalue weighted by Crippen LogP contribution is -1.95. The predicted octanol–water partition coefficient (Wildman–Crippen LogP) is 3.31. The van der Waals surface area contributed by atoms with Gasteiger partial charge in [-0.2, -0.15) is 0 Å². The highest BCUT2D eigenvalue weighted by molar-refractivity contribution is 5.10. The van der Waals surface area contributed by atoms with Crippen LogP contribution in [0.1, 0.15) is 39.5 Å². The van der Waals surface area contributed by atoms with Gasteiger partial charge in [-0.15, -0.1) is 0 Å². The molecule has 0 radical (unpaired) electrons. The lowest BCUT2D eigenvalue weighted by Gasteiger charge is -2.07. The third-order valence-electron chi connectivity index (χ3n) is 2.08. The fourth-order valence-electron chi connectivity index (χ4n) is 1.25. The van der Waals surface area contributed by atoms with Gasteiger partial charge in [-0.3, -0.25) is 0 Å². The van der Waals surface area contributed by atoms with E-state index in [0.29, 0.717) is 6.61 Å². The van der Waals surface area contributed by atoms with Crippen molar-refractivity contribution in [2.75, 3.05) is 6.61 Å². The maximum Gasteiger partial charge on any atom is 0.0431 e. The fraction of sp³-hybridized carbons (Fsp3) is 0.667. The molecule has 1 atom stereocenters. The first kappa shape index (κ1) is 12.4. The summed E-state index contributed by atoms with van der Waals surface area (Å²) in [7, 11) is 0. The van der Waals surface area contributed by atoms with E-state index >= 15 is 0 Å². The molecule has 0 aliphatic heterocycles. The van der Waals surface area contributed by atoms with E-state index in [2.05, 4.69) is 25.7 Å². The Morgan fingerprint density at radius 2 is 2.15 bits per heavy atom. The molecule has 0 saturated carbocycles. The SMILES string of the molecule is C=C(C)/C=C/CCC(C)CCCO. The number of aliphatic hydroxyl groups excluding tert-OH is 1. The largest absolute Gasteiger partial charge is 0.396 e. The highest BCUT2D eigenvalue weighted by Gasteiger charge is 1.99. The van der Waals surface area contributed by atoms with Crippen molar-refractivity contribution in [2.45, 2.75) is 39.5 Å². The molecule has 0 aliphatic rings. The summed E-state index contributed by atoms with van der Waals surface area (Å²) in [6.07, 6.45) is 8.66. The molecule has 0 saturated heterocycles. The number of rotatable bonds is 7. The van der Waals surface area contributed by atoms with E-state index < -0.39 is 0 Å². The minimum Gasteiger partial charge on any atom is -0.396 e. The maximum absolute atomic E-state index is 8.63. The van der Waals surface area contributed by atoms with E-state index in [4.69, 9.17) is 5.11 Å². The summed E-state index contributed by atoms with van der Waals surface area (Å²) in [5, 5.41) is 8.63. The van der Waals surface area contributed by atoms with Gasteiger partial charge < -0.3 is 5.11 Å². The van der Waals surface area contributed by atoms with E-state index in [1.54, 1.807) is 0 Å². The van der Waals surface area contributed by atoms with Gasteiger partial charge in [-0.1, -0.05) is 31.2 Å². The molecule has 13 heavy (non-hydrogen) atoms. The Balaban J connectivity index is 3.36. The predicted molar refractivity (Wildman–Crippen MR) is 58.7 cm³/mol. The second-order valence-corrected chi connectivity index (χ2v) is 3.80. The molecule has 0 aliphatic carbocycles. The minimum absolute atomic E-state index is 0.325. The topological polar surface area (TPSA) is 20.2 Å². The number of allylic oxidation sites excluding steroid dienone is 3. The summed E-state index contributed by atoms with van der Waals surface area (Å²) in [5.41, 5.74) is 1.11. The molecule has 0 aromatic rings. The van der Waals surface area contributed by atoms with Gasteiger partial charge in [0.15, 0.2) is 0 Å². The zero-order chi connectivity index (χ0) is 10.1. The van der Waals surface area contributed by atoms with Gasteiger partial charge in [-0.05, 0) is 38.5 Å². The van der Waals surface area contributed by atoms with Gasteiger partial charge in [-0.25, -0.2) is 0 Å². The minimum atomic E-state index is 0.325. The molecule has 0 aromatic carbocycles. The van der Waals surface area contributed by atoms with Crippen LogP contribution in [0, 0.1) is 5.92 Å². The zero-order valence-corrected chi connectivity index (χ0v) is 8.92. The van der Waals surface area contributed by atoms with Crippen molar-refractivity contribution in [3.63, 3.8) is 0 Å². The maximum atomic E-state index is 8.63. The molecular formula is C12H22O. The van der Waals surface area contributed by atoms with Gasteiger partial charge in [0.25, 0.3) is 0 Å². The Bertz CT molecular complexity index is 159. The lowest BCUT2D eigenvalue weighted by molar-refractivity contribution is 0.272. The lowest BCUT2D eigenvalue weighted by atomic mass is 10.00. The van der Waals surface area contributed by atoms with Crippen molar-refractivity contribution in [3.05, 3.63) is 24.3 Å². The van der Waals surface area contributed by atoms with E-state index in [-0.39, 0.29) is 0 Å². The van der Waals surface area contributed by atoms with Crippen molar-refractivity contribution in [1.29, 1.82) is 0 Å². The second kappa shape index (κ2) is 8.06. The summed E-state index contributed by atoms with van der Waals surface area (Å²) in [6.45, 7) is 8.37. The van der Waals surface area contributed by atoms with Crippen LogP contribution in [-0.2, 0) is 0 Å². The van der Waals surface area contributed by atoms with Gasteiger partial charge in [0.2, 0.25) is 0 Å². The zero-order valence-electron chi connectivity index (χ0n) is 8.92. The van der Waals surface area contributed by atoms with Crippen LogP contribution in [0.2, 0.25) is 0 Å². The highest BCUT2D eigenvalue weighted by atomic mass is 16.2. The Labute approximate surface area is 82.2 Å². The molecule has 0 rings (SSSR count). The Morgan fingerprint density at radius 1 is 1.46 bits per heavy atom. The summed E-state index contributed by atoms with van der Waals surface area (Å²) in [5.74, 6) is 0.724. The molecule has 0 amide bonds. The molecule has 0 aromatic heterocycles.